The zero-order chi connectivity index (χ0) is 12.2. The molecular weight excluding hydrogens is 223 g/mol. The normalized spacial score (nSPS) is 12.9. The highest BCUT2D eigenvalue weighted by Gasteiger charge is 2.38. The molecule has 1 unspecified atom stereocenters. The zero-order valence-corrected chi connectivity index (χ0v) is 8.03. The van der Waals surface area contributed by atoms with Gasteiger partial charge in [0.2, 0.25) is 0 Å². The van der Waals surface area contributed by atoms with Gasteiger partial charge < -0.3 is 9.84 Å². The van der Waals surface area contributed by atoms with Gasteiger partial charge in [-0.25, -0.2) is 0 Å². The summed E-state index contributed by atoms with van der Waals surface area (Å²) in [5, 5.41) is 17.3. The molecule has 1 aromatic rings. The van der Waals surface area contributed by atoms with Gasteiger partial charge in [-0.15, -0.1) is 0 Å². The number of ether oxygens (including phenoxy) is 1. The lowest BCUT2D eigenvalue weighted by Crippen LogP contribution is -2.34. The minimum atomic E-state index is -4.72. The van der Waals surface area contributed by atoms with Crippen molar-refractivity contribution in [2.75, 3.05) is 6.61 Å². The Labute approximate surface area is 89.7 Å². The molecule has 1 rings (SSSR count). The van der Waals surface area contributed by atoms with Crippen LogP contribution < -0.4 is 4.74 Å². The molecule has 1 N–H and O–H groups in total. The van der Waals surface area contributed by atoms with E-state index in [9.17, 15) is 13.2 Å². The van der Waals surface area contributed by atoms with E-state index in [1.807, 2.05) is 0 Å². The maximum Gasteiger partial charge on any atom is 0.417 e. The van der Waals surface area contributed by atoms with Crippen molar-refractivity contribution in [3.8, 4) is 11.8 Å². The first-order valence-corrected chi connectivity index (χ1v) is 4.32. The van der Waals surface area contributed by atoms with Gasteiger partial charge in [-0.1, -0.05) is 12.1 Å². The largest absolute Gasteiger partial charge is 0.489 e. The van der Waals surface area contributed by atoms with Crippen LogP contribution in [-0.4, -0.2) is 24.0 Å². The molecule has 0 saturated carbocycles. The first-order valence-electron chi connectivity index (χ1n) is 4.32. The summed E-state index contributed by atoms with van der Waals surface area (Å²) in [6, 6.07) is 7.63. The number of rotatable bonds is 3. The van der Waals surface area contributed by atoms with E-state index >= 15 is 0 Å². The van der Waals surface area contributed by atoms with E-state index in [2.05, 4.69) is 0 Å². The van der Waals surface area contributed by atoms with E-state index in [0.29, 0.717) is 0 Å². The van der Waals surface area contributed by atoms with Gasteiger partial charge in [0.05, 0.1) is 5.56 Å². The number of nitriles is 1. The molecule has 0 aliphatic carbocycles. The van der Waals surface area contributed by atoms with Crippen LogP contribution in [0, 0.1) is 11.3 Å². The topological polar surface area (TPSA) is 53.2 Å². The van der Waals surface area contributed by atoms with Gasteiger partial charge >= 0.3 is 6.18 Å². The molecule has 0 aromatic heterocycles. The fraction of sp³-hybridized carbons (Fsp3) is 0.300. The Kier molecular flexibility index (Phi) is 3.74. The lowest BCUT2D eigenvalue weighted by Gasteiger charge is -2.15. The summed E-state index contributed by atoms with van der Waals surface area (Å²) in [7, 11) is 0. The van der Waals surface area contributed by atoms with E-state index in [0.717, 1.165) is 0 Å². The highest BCUT2D eigenvalue weighted by Crippen LogP contribution is 2.22. The number of benzene rings is 1. The van der Waals surface area contributed by atoms with E-state index in [4.69, 9.17) is 15.1 Å². The second-order valence-corrected chi connectivity index (χ2v) is 2.98. The predicted octanol–water partition coefficient (Wildman–Crippen LogP) is 1.86. The standard InChI is InChI=1S/C10H8F3NO2/c11-10(12,13)9(15)6-16-8-4-2-1-3-7(8)5-14/h1-4,9,15H,6H2. The molecule has 0 saturated heterocycles. The monoisotopic (exact) mass is 231 g/mol. The molecule has 6 heteroatoms. The maximum atomic E-state index is 11.9. The molecule has 0 amide bonds. The number of hydrogen-bond acceptors (Lipinski definition) is 3. The quantitative estimate of drug-likeness (QED) is 0.863. The molecular formula is C10H8F3NO2. The number of alkyl halides is 3. The third kappa shape index (κ3) is 3.14. The number of para-hydroxylation sites is 1. The molecule has 0 bridgehead atoms. The summed E-state index contributed by atoms with van der Waals surface area (Å²) < 4.78 is 40.5. The molecule has 0 aliphatic heterocycles. The van der Waals surface area contributed by atoms with Crippen LogP contribution in [0.1, 0.15) is 5.56 Å². The zero-order valence-electron chi connectivity index (χ0n) is 8.03. The highest BCUT2D eigenvalue weighted by atomic mass is 19.4. The van der Waals surface area contributed by atoms with E-state index in [-0.39, 0.29) is 11.3 Å². The van der Waals surface area contributed by atoms with Gasteiger partial charge in [0.15, 0.2) is 6.10 Å². The minimum absolute atomic E-state index is 0.0216. The average molecular weight is 231 g/mol. The maximum absolute atomic E-state index is 11.9. The molecule has 0 spiro atoms. The van der Waals surface area contributed by atoms with Crippen LogP contribution in [0.15, 0.2) is 24.3 Å². The molecule has 0 heterocycles. The molecule has 3 nitrogen and oxygen atoms in total. The number of hydrogen-bond donors (Lipinski definition) is 1. The fourth-order valence-electron chi connectivity index (χ4n) is 0.948. The second kappa shape index (κ2) is 4.86. The van der Waals surface area contributed by atoms with Crippen LogP contribution in [0.4, 0.5) is 13.2 Å². The van der Waals surface area contributed by atoms with Gasteiger partial charge in [0.25, 0.3) is 0 Å². The predicted molar refractivity (Wildman–Crippen MR) is 48.7 cm³/mol. The summed E-state index contributed by atoms with van der Waals surface area (Å²) in [6.07, 6.45) is -7.28. The smallest absolute Gasteiger partial charge is 0.417 e. The molecule has 1 atom stereocenters. The number of aliphatic hydroxyl groups excluding tert-OH is 1. The first-order chi connectivity index (χ1) is 7.45. The van der Waals surface area contributed by atoms with Crippen molar-refractivity contribution < 1.29 is 23.0 Å². The molecule has 0 radical (unpaired) electrons. The Morgan fingerprint density at radius 2 is 2.00 bits per heavy atom. The minimum Gasteiger partial charge on any atom is -0.489 e. The van der Waals surface area contributed by atoms with Crippen LogP contribution in [0.3, 0.4) is 0 Å². The van der Waals surface area contributed by atoms with E-state index in [1.54, 1.807) is 12.1 Å². The van der Waals surface area contributed by atoms with Crippen molar-refractivity contribution in [2.45, 2.75) is 12.3 Å². The van der Waals surface area contributed by atoms with Crippen molar-refractivity contribution >= 4 is 0 Å². The Balaban J connectivity index is 2.66. The number of halogens is 3. The van der Waals surface area contributed by atoms with Gasteiger partial charge in [0.1, 0.15) is 18.4 Å². The lowest BCUT2D eigenvalue weighted by atomic mass is 10.2. The molecule has 0 fully saturated rings. The Hall–Kier alpha value is -1.74. The van der Waals surface area contributed by atoms with Gasteiger partial charge in [0, 0.05) is 0 Å². The van der Waals surface area contributed by atoms with Crippen molar-refractivity contribution in [3.05, 3.63) is 29.8 Å². The Morgan fingerprint density at radius 1 is 1.38 bits per heavy atom. The molecule has 86 valence electrons. The Bertz CT molecular complexity index is 398. The van der Waals surface area contributed by atoms with Gasteiger partial charge in [-0.3, -0.25) is 0 Å². The van der Waals surface area contributed by atoms with E-state index < -0.39 is 18.9 Å². The highest BCUT2D eigenvalue weighted by molar-refractivity contribution is 5.42. The second-order valence-electron chi connectivity index (χ2n) is 2.98. The summed E-state index contributed by atoms with van der Waals surface area (Å²) in [6.45, 7) is -0.928. The summed E-state index contributed by atoms with van der Waals surface area (Å²) in [4.78, 5) is 0. The average Bonchev–Trinajstić information content (AvgIpc) is 2.24. The van der Waals surface area contributed by atoms with E-state index in [1.165, 1.54) is 18.2 Å². The van der Waals surface area contributed by atoms with Crippen LogP contribution in [0.2, 0.25) is 0 Å². The lowest BCUT2D eigenvalue weighted by molar-refractivity contribution is -0.210. The number of nitrogens with zero attached hydrogens (tertiary/aromatic N) is 1. The number of aliphatic hydroxyl groups is 1. The molecule has 16 heavy (non-hydrogen) atoms. The van der Waals surface area contributed by atoms with Crippen LogP contribution in [-0.2, 0) is 0 Å². The third-order valence-electron chi connectivity index (χ3n) is 1.78. The van der Waals surface area contributed by atoms with Crippen LogP contribution in [0.5, 0.6) is 5.75 Å². The molecule has 1 aromatic carbocycles. The summed E-state index contributed by atoms with van der Waals surface area (Å²) in [5.41, 5.74) is 0.122. The SMILES string of the molecule is N#Cc1ccccc1OCC(O)C(F)(F)F. The van der Waals surface area contributed by atoms with Gasteiger partial charge in [-0.05, 0) is 12.1 Å². The van der Waals surface area contributed by atoms with Crippen molar-refractivity contribution in [2.24, 2.45) is 0 Å². The van der Waals surface area contributed by atoms with Gasteiger partial charge in [-0.2, -0.15) is 18.4 Å². The summed E-state index contributed by atoms with van der Waals surface area (Å²) >= 11 is 0. The van der Waals surface area contributed by atoms with Crippen LogP contribution >= 0.6 is 0 Å². The Morgan fingerprint density at radius 3 is 2.56 bits per heavy atom. The van der Waals surface area contributed by atoms with Crippen molar-refractivity contribution in [1.82, 2.24) is 0 Å². The fourth-order valence-corrected chi connectivity index (χ4v) is 0.948. The van der Waals surface area contributed by atoms with Crippen LogP contribution in [0.25, 0.3) is 0 Å². The van der Waals surface area contributed by atoms with Crippen molar-refractivity contribution in [1.29, 1.82) is 5.26 Å². The molecule has 0 aliphatic rings. The third-order valence-corrected chi connectivity index (χ3v) is 1.78. The first kappa shape index (κ1) is 12.3. The summed E-state index contributed by atoms with van der Waals surface area (Å²) in [5.74, 6) is 0.0216. The van der Waals surface area contributed by atoms with Crippen molar-refractivity contribution in [3.63, 3.8) is 0 Å².